The predicted octanol–water partition coefficient (Wildman–Crippen LogP) is 4.18. The molecule has 1 saturated heterocycles. The standard InChI is InChI=1S/C24H31ClN2O4S/c1-15-13-16(2)19(5)23(18(15)4)32(29,30)27-11-9-26(10-12-27)24(28)20(6)31-22-8-7-21(25)14-17(22)3/h7-8,13-14,20H,9-12H2,1-6H3/t20-/m0/s1. The monoisotopic (exact) mass is 478 g/mol. The first-order valence-electron chi connectivity index (χ1n) is 10.7. The molecule has 1 aliphatic heterocycles. The molecule has 6 nitrogen and oxygen atoms in total. The number of aryl methyl sites for hydroxylation is 3. The number of ether oxygens (including phenoxy) is 1. The molecule has 0 saturated carbocycles. The van der Waals surface area contributed by atoms with Gasteiger partial charge in [0, 0.05) is 31.2 Å². The predicted molar refractivity (Wildman–Crippen MR) is 127 cm³/mol. The number of amides is 1. The highest BCUT2D eigenvalue weighted by Crippen LogP contribution is 2.29. The van der Waals surface area contributed by atoms with E-state index < -0.39 is 16.1 Å². The summed E-state index contributed by atoms with van der Waals surface area (Å²) in [6.45, 7) is 12.3. The SMILES string of the molecule is Cc1cc(Cl)ccc1O[C@@H](C)C(=O)N1CCN(S(=O)(=O)c2c(C)c(C)cc(C)c2C)CC1. The molecule has 32 heavy (non-hydrogen) atoms. The molecule has 174 valence electrons. The van der Waals surface area contributed by atoms with Crippen molar-refractivity contribution in [2.75, 3.05) is 26.2 Å². The molecule has 0 aliphatic carbocycles. The Labute approximate surface area is 196 Å². The van der Waals surface area contributed by atoms with E-state index in [1.807, 2.05) is 40.7 Å². The molecule has 1 amide bonds. The van der Waals surface area contributed by atoms with Crippen molar-refractivity contribution in [2.45, 2.75) is 52.5 Å². The number of benzene rings is 2. The molecule has 1 aliphatic rings. The van der Waals surface area contributed by atoms with Gasteiger partial charge in [-0.05, 0) is 87.6 Å². The van der Waals surface area contributed by atoms with E-state index in [0.717, 1.165) is 27.8 Å². The largest absolute Gasteiger partial charge is 0.481 e. The molecule has 8 heteroatoms. The molecule has 3 rings (SSSR count). The van der Waals surface area contributed by atoms with Gasteiger partial charge in [0.1, 0.15) is 5.75 Å². The van der Waals surface area contributed by atoms with Crippen LogP contribution in [0, 0.1) is 34.6 Å². The molecular weight excluding hydrogens is 448 g/mol. The lowest BCUT2D eigenvalue weighted by atomic mass is 10.0. The Morgan fingerprint density at radius 1 is 0.938 bits per heavy atom. The summed E-state index contributed by atoms with van der Waals surface area (Å²) in [6.07, 6.45) is -0.679. The number of halogens is 1. The van der Waals surface area contributed by atoms with Crippen molar-refractivity contribution in [1.29, 1.82) is 0 Å². The summed E-state index contributed by atoms with van der Waals surface area (Å²) < 4.78 is 34.2. The van der Waals surface area contributed by atoms with Crippen LogP contribution in [0.1, 0.15) is 34.7 Å². The fraction of sp³-hybridized carbons (Fsp3) is 0.458. The highest BCUT2D eigenvalue weighted by Gasteiger charge is 2.34. The Balaban J connectivity index is 1.70. The lowest BCUT2D eigenvalue weighted by Crippen LogP contribution is -2.53. The number of carbonyl (C=O) groups is 1. The van der Waals surface area contributed by atoms with Gasteiger partial charge in [0.25, 0.3) is 5.91 Å². The average Bonchev–Trinajstić information content (AvgIpc) is 2.74. The van der Waals surface area contributed by atoms with Crippen LogP contribution in [0.3, 0.4) is 0 Å². The quantitative estimate of drug-likeness (QED) is 0.646. The molecule has 0 aromatic heterocycles. The minimum absolute atomic E-state index is 0.157. The van der Waals surface area contributed by atoms with Gasteiger partial charge in [0.05, 0.1) is 4.90 Å². The number of sulfonamides is 1. The summed E-state index contributed by atoms with van der Waals surface area (Å²) in [5.74, 6) is 0.451. The van der Waals surface area contributed by atoms with E-state index in [-0.39, 0.29) is 19.0 Å². The van der Waals surface area contributed by atoms with Gasteiger partial charge in [-0.15, -0.1) is 0 Å². The molecule has 1 atom stereocenters. The Hall–Kier alpha value is -2.09. The van der Waals surface area contributed by atoms with Gasteiger partial charge in [-0.1, -0.05) is 17.7 Å². The van der Waals surface area contributed by atoms with Crippen LogP contribution < -0.4 is 4.74 Å². The first-order valence-corrected chi connectivity index (χ1v) is 12.5. The number of nitrogens with zero attached hydrogens (tertiary/aromatic N) is 2. The highest BCUT2D eigenvalue weighted by atomic mass is 35.5. The lowest BCUT2D eigenvalue weighted by Gasteiger charge is -2.36. The number of piperazine rings is 1. The molecule has 1 heterocycles. The first-order chi connectivity index (χ1) is 14.9. The maximum absolute atomic E-state index is 13.4. The van der Waals surface area contributed by atoms with E-state index in [0.29, 0.717) is 28.8 Å². The molecule has 0 unspecified atom stereocenters. The first kappa shape index (κ1) is 24.6. The van der Waals surface area contributed by atoms with Crippen LogP contribution in [-0.4, -0.2) is 55.8 Å². The maximum atomic E-state index is 13.4. The topological polar surface area (TPSA) is 66.9 Å². The van der Waals surface area contributed by atoms with Crippen LogP contribution in [0.25, 0.3) is 0 Å². The van der Waals surface area contributed by atoms with E-state index in [9.17, 15) is 13.2 Å². The summed E-state index contributed by atoms with van der Waals surface area (Å²) in [6, 6.07) is 7.28. The van der Waals surface area contributed by atoms with Crippen LogP contribution in [0.15, 0.2) is 29.2 Å². The fourth-order valence-electron chi connectivity index (χ4n) is 4.09. The molecular formula is C24H31ClN2O4S. The summed E-state index contributed by atoms with van der Waals surface area (Å²) in [5, 5.41) is 0.612. The number of carbonyl (C=O) groups excluding carboxylic acids is 1. The van der Waals surface area contributed by atoms with Gasteiger partial charge >= 0.3 is 0 Å². The van der Waals surface area contributed by atoms with Crippen molar-refractivity contribution in [3.8, 4) is 5.75 Å². The lowest BCUT2D eigenvalue weighted by molar-refractivity contribution is -0.139. The van der Waals surface area contributed by atoms with Gasteiger partial charge in [-0.2, -0.15) is 4.31 Å². The van der Waals surface area contributed by atoms with Gasteiger partial charge in [0.2, 0.25) is 10.0 Å². The normalized spacial score (nSPS) is 16.2. The van der Waals surface area contributed by atoms with Crippen LogP contribution in [0.4, 0.5) is 0 Å². The van der Waals surface area contributed by atoms with Gasteiger partial charge in [-0.25, -0.2) is 8.42 Å². The Kier molecular flexibility index (Phi) is 7.22. The number of rotatable bonds is 5. The third kappa shape index (κ3) is 4.80. The third-order valence-corrected chi connectivity index (χ3v) is 8.64. The van der Waals surface area contributed by atoms with Crippen molar-refractivity contribution in [1.82, 2.24) is 9.21 Å². The average molecular weight is 479 g/mol. The van der Waals surface area contributed by atoms with E-state index >= 15 is 0 Å². The van der Waals surface area contributed by atoms with Crippen molar-refractivity contribution in [2.24, 2.45) is 0 Å². The molecule has 0 bridgehead atoms. The molecule has 2 aromatic carbocycles. The molecule has 0 radical (unpaired) electrons. The van der Waals surface area contributed by atoms with Crippen LogP contribution in [0.2, 0.25) is 5.02 Å². The summed E-state index contributed by atoms with van der Waals surface area (Å²) in [4.78, 5) is 15.0. The molecule has 1 fully saturated rings. The second kappa shape index (κ2) is 9.41. The Bertz CT molecular complexity index is 1110. The van der Waals surface area contributed by atoms with Gasteiger partial charge in [0.15, 0.2) is 6.10 Å². The van der Waals surface area contributed by atoms with Crippen molar-refractivity contribution >= 4 is 27.5 Å². The van der Waals surface area contributed by atoms with E-state index in [1.54, 1.807) is 30.0 Å². The zero-order chi connectivity index (χ0) is 23.8. The zero-order valence-electron chi connectivity index (χ0n) is 19.5. The van der Waals surface area contributed by atoms with Crippen LogP contribution in [-0.2, 0) is 14.8 Å². The Morgan fingerprint density at radius 2 is 1.50 bits per heavy atom. The zero-order valence-corrected chi connectivity index (χ0v) is 21.1. The minimum Gasteiger partial charge on any atom is -0.481 e. The van der Waals surface area contributed by atoms with Gasteiger partial charge in [-0.3, -0.25) is 4.79 Å². The summed E-state index contributed by atoms with van der Waals surface area (Å²) in [7, 11) is -3.64. The van der Waals surface area contributed by atoms with Crippen LogP contribution in [0.5, 0.6) is 5.75 Å². The maximum Gasteiger partial charge on any atom is 0.263 e. The minimum atomic E-state index is -3.64. The number of hydrogen-bond donors (Lipinski definition) is 0. The summed E-state index contributed by atoms with van der Waals surface area (Å²) in [5.41, 5.74) is 4.35. The highest BCUT2D eigenvalue weighted by molar-refractivity contribution is 7.89. The Morgan fingerprint density at radius 3 is 2.03 bits per heavy atom. The van der Waals surface area contributed by atoms with E-state index in [2.05, 4.69) is 0 Å². The summed E-state index contributed by atoms with van der Waals surface area (Å²) >= 11 is 5.98. The second-order valence-electron chi connectivity index (χ2n) is 8.49. The van der Waals surface area contributed by atoms with E-state index in [4.69, 9.17) is 16.3 Å². The third-order valence-electron chi connectivity index (χ3n) is 6.23. The van der Waals surface area contributed by atoms with Crippen molar-refractivity contribution < 1.29 is 17.9 Å². The molecule has 0 spiro atoms. The van der Waals surface area contributed by atoms with Gasteiger partial charge < -0.3 is 9.64 Å². The van der Waals surface area contributed by atoms with Crippen molar-refractivity contribution in [3.63, 3.8) is 0 Å². The number of hydrogen-bond acceptors (Lipinski definition) is 4. The fourth-order valence-corrected chi connectivity index (χ4v) is 6.31. The molecule has 2 aromatic rings. The van der Waals surface area contributed by atoms with Crippen molar-refractivity contribution in [3.05, 3.63) is 57.1 Å². The smallest absolute Gasteiger partial charge is 0.263 e. The molecule has 0 N–H and O–H groups in total. The van der Waals surface area contributed by atoms with Crippen LogP contribution >= 0.6 is 11.6 Å². The van der Waals surface area contributed by atoms with E-state index in [1.165, 1.54) is 4.31 Å². The second-order valence-corrected chi connectivity index (χ2v) is 10.8.